The molecule has 1 aromatic carbocycles. The van der Waals surface area contributed by atoms with Crippen molar-refractivity contribution in [3.8, 4) is 0 Å². The Morgan fingerprint density at radius 2 is 1.96 bits per heavy atom. The lowest BCUT2D eigenvalue weighted by atomic mass is 10.1. The van der Waals surface area contributed by atoms with Crippen LogP contribution >= 0.6 is 11.3 Å². The molecule has 0 radical (unpaired) electrons. The molecular formula is C18H23N3O2S. The van der Waals surface area contributed by atoms with Crippen molar-refractivity contribution in [1.29, 1.82) is 0 Å². The van der Waals surface area contributed by atoms with Gasteiger partial charge in [-0.25, -0.2) is 0 Å². The average molecular weight is 345 g/mol. The summed E-state index contributed by atoms with van der Waals surface area (Å²) in [6.45, 7) is 2.86. The van der Waals surface area contributed by atoms with Crippen LogP contribution in [-0.2, 0) is 11.2 Å². The summed E-state index contributed by atoms with van der Waals surface area (Å²) in [5.41, 5.74) is 6.38. The summed E-state index contributed by atoms with van der Waals surface area (Å²) in [5.74, 6) is -0.312. The van der Waals surface area contributed by atoms with Gasteiger partial charge in [0.2, 0.25) is 5.91 Å². The molecule has 0 saturated heterocycles. The number of nitrogens with two attached hydrogens (primary N) is 1. The molecule has 0 bridgehead atoms. The second-order valence-electron chi connectivity index (χ2n) is 5.50. The maximum absolute atomic E-state index is 12.1. The molecule has 4 N–H and O–H groups in total. The monoisotopic (exact) mass is 345 g/mol. The van der Waals surface area contributed by atoms with Crippen LogP contribution in [0.1, 0.15) is 33.0 Å². The molecule has 0 aliphatic rings. The highest BCUT2D eigenvalue weighted by molar-refractivity contribution is 7.11. The van der Waals surface area contributed by atoms with Crippen molar-refractivity contribution in [2.24, 2.45) is 5.73 Å². The molecular weight excluding hydrogens is 322 g/mol. The number of para-hydroxylation sites is 1. The second-order valence-corrected chi connectivity index (χ2v) is 6.88. The van der Waals surface area contributed by atoms with E-state index in [4.69, 9.17) is 5.73 Å². The van der Waals surface area contributed by atoms with Gasteiger partial charge in [0.05, 0.1) is 11.3 Å². The number of thiophene rings is 1. The van der Waals surface area contributed by atoms with Gasteiger partial charge in [-0.15, -0.1) is 11.3 Å². The van der Waals surface area contributed by atoms with Crippen LogP contribution in [0.3, 0.4) is 0 Å². The van der Waals surface area contributed by atoms with Gasteiger partial charge in [0.15, 0.2) is 0 Å². The largest absolute Gasteiger partial charge is 0.351 e. The topological polar surface area (TPSA) is 84.2 Å². The third-order valence-corrected chi connectivity index (χ3v) is 4.56. The Labute approximate surface area is 146 Å². The SMILES string of the molecule is Cc1ccc(CCCC(=O)Nc2ccccc2C(=O)NCCN)s1. The van der Waals surface area contributed by atoms with E-state index in [0.717, 1.165) is 12.8 Å². The van der Waals surface area contributed by atoms with E-state index in [1.54, 1.807) is 35.6 Å². The summed E-state index contributed by atoms with van der Waals surface area (Å²) in [6.07, 6.45) is 2.10. The zero-order valence-corrected chi connectivity index (χ0v) is 14.6. The average Bonchev–Trinajstić information content (AvgIpc) is 2.98. The van der Waals surface area contributed by atoms with E-state index in [1.807, 2.05) is 0 Å². The van der Waals surface area contributed by atoms with Crippen molar-refractivity contribution >= 4 is 28.8 Å². The van der Waals surface area contributed by atoms with Crippen LogP contribution in [0.5, 0.6) is 0 Å². The molecule has 0 aliphatic heterocycles. The Bertz CT molecular complexity index is 697. The van der Waals surface area contributed by atoms with Gasteiger partial charge in [-0.3, -0.25) is 9.59 Å². The van der Waals surface area contributed by atoms with E-state index in [1.165, 1.54) is 9.75 Å². The molecule has 5 nitrogen and oxygen atoms in total. The van der Waals surface area contributed by atoms with E-state index < -0.39 is 0 Å². The van der Waals surface area contributed by atoms with E-state index in [0.29, 0.717) is 30.8 Å². The minimum atomic E-state index is -0.231. The molecule has 0 unspecified atom stereocenters. The smallest absolute Gasteiger partial charge is 0.253 e. The summed E-state index contributed by atoms with van der Waals surface area (Å²) in [5, 5.41) is 5.55. The van der Waals surface area contributed by atoms with Crippen LogP contribution in [0.25, 0.3) is 0 Å². The molecule has 128 valence electrons. The van der Waals surface area contributed by atoms with Crippen LogP contribution in [0, 0.1) is 6.92 Å². The highest BCUT2D eigenvalue weighted by atomic mass is 32.1. The molecule has 1 aromatic heterocycles. The lowest BCUT2D eigenvalue weighted by molar-refractivity contribution is -0.116. The van der Waals surface area contributed by atoms with Gasteiger partial charge in [0.25, 0.3) is 5.91 Å². The molecule has 0 aliphatic carbocycles. The first kappa shape index (κ1) is 18.2. The number of aryl methyl sites for hydroxylation is 2. The summed E-state index contributed by atoms with van der Waals surface area (Å²) in [6, 6.07) is 11.2. The third kappa shape index (κ3) is 5.47. The third-order valence-electron chi connectivity index (χ3n) is 3.50. The predicted molar refractivity (Wildman–Crippen MR) is 98.5 cm³/mol. The van der Waals surface area contributed by atoms with Gasteiger partial charge < -0.3 is 16.4 Å². The van der Waals surface area contributed by atoms with Gasteiger partial charge in [0.1, 0.15) is 0 Å². The number of anilines is 1. The van der Waals surface area contributed by atoms with Crippen LogP contribution in [0.4, 0.5) is 5.69 Å². The summed E-state index contributed by atoms with van der Waals surface area (Å²) >= 11 is 1.76. The Morgan fingerprint density at radius 3 is 2.67 bits per heavy atom. The number of hydrogen-bond donors (Lipinski definition) is 3. The minimum Gasteiger partial charge on any atom is -0.351 e. The first-order valence-electron chi connectivity index (χ1n) is 8.02. The molecule has 2 amide bonds. The zero-order valence-electron chi connectivity index (χ0n) is 13.8. The van der Waals surface area contributed by atoms with Crippen LogP contribution < -0.4 is 16.4 Å². The van der Waals surface area contributed by atoms with E-state index in [-0.39, 0.29) is 11.8 Å². The van der Waals surface area contributed by atoms with Gasteiger partial charge >= 0.3 is 0 Å². The number of nitrogens with one attached hydrogen (secondary N) is 2. The fourth-order valence-electron chi connectivity index (χ4n) is 2.33. The predicted octanol–water partition coefficient (Wildman–Crippen LogP) is 2.71. The van der Waals surface area contributed by atoms with Crippen molar-refractivity contribution in [2.45, 2.75) is 26.2 Å². The van der Waals surface area contributed by atoms with Crippen molar-refractivity contribution in [1.82, 2.24) is 5.32 Å². The van der Waals surface area contributed by atoms with E-state index >= 15 is 0 Å². The fraction of sp³-hybridized carbons (Fsp3) is 0.333. The number of carbonyl (C=O) groups excluding carboxylic acids is 2. The van der Waals surface area contributed by atoms with Crippen molar-refractivity contribution in [2.75, 3.05) is 18.4 Å². The fourth-order valence-corrected chi connectivity index (χ4v) is 3.26. The Kier molecular flexibility index (Phi) is 6.96. The molecule has 0 atom stereocenters. The van der Waals surface area contributed by atoms with E-state index in [2.05, 4.69) is 29.7 Å². The Hall–Kier alpha value is -2.18. The highest BCUT2D eigenvalue weighted by Crippen LogP contribution is 2.18. The summed E-state index contributed by atoms with van der Waals surface area (Å²) in [4.78, 5) is 26.8. The first-order valence-corrected chi connectivity index (χ1v) is 8.84. The lowest BCUT2D eigenvalue weighted by Gasteiger charge is -2.11. The number of amides is 2. The quantitative estimate of drug-likeness (QED) is 0.688. The molecule has 0 saturated carbocycles. The van der Waals surface area contributed by atoms with E-state index in [9.17, 15) is 9.59 Å². The molecule has 2 aromatic rings. The normalized spacial score (nSPS) is 10.4. The maximum Gasteiger partial charge on any atom is 0.253 e. The van der Waals surface area contributed by atoms with Crippen molar-refractivity contribution in [3.05, 3.63) is 51.7 Å². The van der Waals surface area contributed by atoms with Gasteiger partial charge in [0, 0.05) is 29.3 Å². The van der Waals surface area contributed by atoms with Gasteiger partial charge in [-0.05, 0) is 44.0 Å². The second kappa shape index (κ2) is 9.20. The van der Waals surface area contributed by atoms with Gasteiger partial charge in [-0.2, -0.15) is 0 Å². The molecule has 2 rings (SSSR count). The lowest BCUT2D eigenvalue weighted by Crippen LogP contribution is -2.29. The van der Waals surface area contributed by atoms with Crippen molar-refractivity contribution in [3.63, 3.8) is 0 Å². The standard InChI is InChI=1S/C18H23N3O2S/c1-13-9-10-14(24-13)5-4-8-17(22)21-16-7-3-2-6-15(16)18(23)20-12-11-19/h2-3,6-7,9-10H,4-5,8,11-12,19H2,1H3,(H,20,23)(H,21,22). The van der Waals surface area contributed by atoms with Crippen LogP contribution in [0.15, 0.2) is 36.4 Å². The number of hydrogen-bond acceptors (Lipinski definition) is 4. The number of benzene rings is 1. The molecule has 1 heterocycles. The number of rotatable bonds is 8. The number of carbonyl (C=O) groups is 2. The van der Waals surface area contributed by atoms with Crippen molar-refractivity contribution < 1.29 is 9.59 Å². The highest BCUT2D eigenvalue weighted by Gasteiger charge is 2.12. The molecule has 0 fully saturated rings. The summed E-state index contributed by atoms with van der Waals surface area (Å²) < 4.78 is 0. The Balaban J connectivity index is 1.88. The first-order chi connectivity index (χ1) is 11.6. The van der Waals surface area contributed by atoms with Crippen LogP contribution in [-0.4, -0.2) is 24.9 Å². The zero-order chi connectivity index (χ0) is 17.4. The molecule has 0 spiro atoms. The molecule has 6 heteroatoms. The molecule has 24 heavy (non-hydrogen) atoms. The maximum atomic E-state index is 12.1. The van der Waals surface area contributed by atoms with Gasteiger partial charge in [-0.1, -0.05) is 12.1 Å². The van der Waals surface area contributed by atoms with Crippen LogP contribution in [0.2, 0.25) is 0 Å². The Morgan fingerprint density at radius 1 is 1.17 bits per heavy atom. The minimum absolute atomic E-state index is 0.0812. The summed E-state index contributed by atoms with van der Waals surface area (Å²) in [7, 11) is 0.